The van der Waals surface area contributed by atoms with E-state index in [1.807, 2.05) is 13.8 Å². The van der Waals surface area contributed by atoms with Crippen LogP contribution in [0.2, 0.25) is 0 Å². The topological polar surface area (TPSA) is 106 Å². The van der Waals surface area contributed by atoms with E-state index >= 15 is 0 Å². The maximum Gasteiger partial charge on any atom is 0.261 e. The molecule has 2 aliphatic heterocycles. The summed E-state index contributed by atoms with van der Waals surface area (Å²) in [4.78, 5) is 56.3. The number of hydrogen-bond donors (Lipinski definition) is 1. The number of Topliss-reactive ketones (excluding diaryl/α,β-unsaturated/α-hetero) is 1. The number of aromatic nitrogens is 1. The zero-order chi connectivity index (χ0) is 24.0. The van der Waals surface area contributed by atoms with E-state index in [1.54, 1.807) is 42.6 Å². The van der Waals surface area contributed by atoms with Gasteiger partial charge in [-0.1, -0.05) is 6.07 Å². The second-order valence-corrected chi connectivity index (χ2v) is 8.90. The Morgan fingerprint density at radius 2 is 1.79 bits per heavy atom. The van der Waals surface area contributed by atoms with Crippen LogP contribution >= 0.6 is 0 Å². The number of nitrogens with zero attached hydrogens (tertiary/aromatic N) is 2. The Morgan fingerprint density at radius 3 is 2.56 bits per heavy atom. The zero-order valence-corrected chi connectivity index (χ0v) is 18.6. The first-order valence-corrected chi connectivity index (χ1v) is 10.8. The molecule has 170 valence electrons. The summed E-state index contributed by atoms with van der Waals surface area (Å²) in [5.41, 5.74) is 1.50. The van der Waals surface area contributed by atoms with Crippen molar-refractivity contribution < 1.29 is 23.9 Å². The van der Waals surface area contributed by atoms with E-state index in [2.05, 4.69) is 10.3 Å². The van der Waals surface area contributed by atoms with E-state index in [4.69, 9.17) is 4.74 Å². The molecule has 8 heteroatoms. The maximum atomic E-state index is 12.9. The van der Waals surface area contributed by atoms with Crippen molar-refractivity contribution >= 4 is 29.2 Å². The fraction of sp³-hybridized carbons (Fsp3) is 0.192. The van der Waals surface area contributed by atoms with Crippen LogP contribution in [0.1, 0.15) is 67.4 Å². The van der Waals surface area contributed by atoms with Crippen molar-refractivity contribution in [3.8, 4) is 5.75 Å². The van der Waals surface area contributed by atoms with Crippen molar-refractivity contribution in [1.82, 2.24) is 9.88 Å². The minimum Gasteiger partial charge on any atom is -0.487 e. The molecule has 0 radical (unpaired) electrons. The zero-order valence-electron chi connectivity index (χ0n) is 18.6. The molecule has 0 aliphatic carbocycles. The van der Waals surface area contributed by atoms with Gasteiger partial charge in [-0.3, -0.25) is 29.1 Å². The van der Waals surface area contributed by atoms with Gasteiger partial charge in [0.05, 0.1) is 35.3 Å². The number of amides is 3. The maximum absolute atomic E-state index is 12.9. The van der Waals surface area contributed by atoms with Crippen LogP contribution in [0.25, 0.3) is 0 Å². The van der Waals surface area contributed by atoms with Crippen molar-refractivity contribution in [2.24, 2.45) is 0 Å². The highest BCUT2D eigenvalue weighted by atomic mass is 16.5. The number of rotatable bonds is 4. The van der Waals surface area contributed by atoms with Crippen molar-refractivity contribution in [3.05, 3.63) is 88.7 Å². The first kappa shape index (κ1) is 21.5. The first-order chi connectivity index (χ1) is 16.2. The lowest BCUT2D eigenvalue weighted by atomic mass is 9.93. The molecule has 3 amide bonds. The average molecular weight is 455 g/mol. The number of carbonyl (C=O) groups is 4. The molecule has 0 spiro atoms. The number of carbonyl (C=O) groups excluding carboxylic acids is 4. The minimum absolute atomic E-state index is 0.0523. The van der Waals surface area contributed by atoms with E-state index in [1.165, 1.54) is 18.2 Å². The molecule has 8 nitrogen and oxygen atoms in total. The van der Waals surface area contributed by atoms with Gasteiger partial charge in [-0.15, -0.1) is 0 Å². The summed E-state index contributed by atoms with van der Waals surface area (Å²) in [7, 11) is 0. The summed E-state index contributed by atoms with van der Waals surface area (Å²) >= 11 is 0. The van der Waals surface area contributed by atoms with Crippen molar-refractivity contribution in [3.63, 3.8) is 0 Å². The van der Waals surface area contributed by atoms with Gasteiger partial charge in [0.15, 0.2) is 5.78 Å². The fourth-order valence-electron chi connectivity index (χ4n) is 4.16. The van der Waals surface area contributed by atoms with Gasteiger partial charge in [-0.2, -0.15) is 0 Å². The molecular formula is C26H21N3O5. The van der Waals surface area contributed by atoms with Crippen LogP contribution in [0.4, 0.5) is 5.69 Å². The smallest absolute Gasteiger partial charge is 0.261 e. The van der Waals surface area contributed by atoms with Crippen molar-refractivity contribution in [2.45, 2.75) is 32.4 Å². The monoisotopic (exact) mass is 455 g/mol. The first-order valence-electron chi connectivity index (χ1n) is 10.8. The molecule has 0 saturated carbocycles. The average Bonchev–Trinajstić information content (AvgIpc) is 3.04. The van der Waals surface area contributed by atoms with E-state index in [0.717, 1.165) is 4.90 Å². The summed E-state index contributed by atoms with van der Waals surface area (Å²) in [6.07, 6.45) is 1.84. The molecule has 2 aliphatic rings. The van der Waals surface area contributed by atoms with Gasteiger partial charge in [0.1, 0.15) is 11.4 Å². The number of ketones is 1. The molecule has 0 bridgehead atoms. The lowest BCUT2D eigenvalue weighted by Gasteiger charge is -2.31. The largest absolute Gasteiger partial charge is 0.487 e. The van der Waals surface area contributed by atoms with Crippen LogP contribution in [-0.4, -0.2) is 39.0 Å². The number of ether oxygens (including phenoxy) is 1. The fourth-order valence-corrected chi connectivity index (χ4v) is 4.16. The Morgan fingerprint density at radius 1 is 1.00 bits per heavy atom. The van der Waals surface area contributed by atoms with Crippen LogP contribution in [0, 0.1) is 0 Å². The van der Waals surface area contributed by atoms with Gasteiger partial charge < -0.3 is 10.1 Å². The quantitative estimate of drug-likeness (QED) is 0.599. The van der Waals surface area contributed by atoms with Gasteiger partial charge in [0.2, 0.25) is 0 Å². The van der Waals surface area contributed by atoms with Crippen LogP contribution in [0.3, 0.4) is 0 Å². The second kappa shape index (κ2) is 7.91. The number of fused-ring (bicyclic) bond motifs is 2. The number of pyridine rings is 1. The molecule has 0 saturated heterocycles. The second-order valence-electron chi connectivity index (χ2n) is 8.90. The van der Waals surface area contributed by atoms with Crippen molar-refractivity contribution in [1.29, 1.82) is 0 Å². The van der Waals surface area contributed by atoms with Crippen LogP contribution in [0.5, 0.6) is 5.75 Å². The molecule has 0 unspecified atom stereocenters. The van der Waals surface area contributed by atoms with Crippen LogP contribution < -0.4 is 10.1 Å². The molecule has 1 aromatic heterocycles. The Hall–Kier alpha value is -4.33. The van der Waals surface area contributed by atoms with E-state index in [-0.39, 0.29) is 35.4 Å². The molecule has 3 heterocycles. The summed E-state index contributed by atoms with van der Waals surface area (Å²) in [5.74, 6) is -0.935. The highest BCUT2D eigenvalue weighted by Crippen LogP contribution is 2.34. The molecule has 0 atom stereocenters. The molecule has 2 aromatic carbocycles. The number of nitrogens with one attached hydrogen (secondary N) is 1. The van der Waals surface area contributed by atoms with E-state index in [0.29, 0.717) is 22.7 Å². The van der Waals surface area contributed by atoms with Gasteiger partial charge in [0.25, 0.3) is 17.7 Å². The number of imide groups is 1. The highest BCUT2D eigenvalue weighted by molar-refractivity contribution is 6.22. The third-order valence-electron chi connectivity index (χ3n) is 5.79. The van der Waals surface area contributed by atoms with Gasteiger partial charge in [-0.05, 0) is 62.4 Å². The standard InChI is InChI=1S/C26H21N3O5/c1-26(2)13-21(30)20-12-16(7-9-22(20)34-26)28-23(31)15-6-8-18-19(11-15)25(33)29(24(18)32)14-17-5-3-4-10-27-17/h3-12H,13-14H2,1-2H3,(H,28,31). The Labute approximate surface area is 195 Å². The number of benzene rings is 2. The lowest BCUT2D eigenvalue weighted by molar-refractivity contribution is 0.0613. The number of anilines is 1. The highest BCUT2D eigenvalue weighted by Gasteiger charge is 2.36. The van der Waals surface area contributed by atoms with E-state index < -0.39 is 23.3 Å². The molecule has 0 fully saturated rings. The van der Waals surface area contributed by atoms with E-state index in [9.17, 15) is 19.2 Å². The van der Waals surface area contributed by atoms with Gasteiger partial charge in [0, 0.05) is 17.4 Å². The third-order valence-corrected chi connectivity index (χ3v) is 5.79. The number of hydrogen-bond acceptors (Lipinski definition) is 6. The summed E-state index contributed by atoms with van der Waals surface area (Å²) in [6, 6.07) is 14.6. The normalized spacial score (nSPS) is 16.1. The summed E-state index contributed by atoms with van der Waals surface area (Å²) in [6.45, 7) is 3.75. The molecule has 34 heavy (non-hydrogen) atoms. The van der Waals surface area contributed by atoms with Gasteiger partial charge >= 0.3 is 0 Å². The molecule has 1 N–H and O–H groups in total. The summed E-state index contributed by atoms with van der Waals surface area (Å²) in [5, 5.41) is 2.75. The van der Waals surface area contributed by atoms with Gasteiger partial charge in [-0.25, -0.2) is 0 Å². The Bertz CT molecular complexity index is 1360. The minimum atomic E-state index is -0.576. The Kier molecular flexibility index (Phi) is 5.01. The summed E-state index contributed by atoms with van der Waals surface area (Å²) < 4.78 is 5.85. The Balaban J connectivity index is 1.35. The molecule has 5 rings (SSSR count). The predicted octanol–water partition coefficient (Wildman–Crippen LogP) is 3.87. The van der Waals surface area contributed by atoms with Crippen molar-refractivity contribution in [2.75, 3.05) is 5.32 Å². The SMILES string of the molecule is CC1(C)CC(=O)c2cc(NC(=O)c3ccc4c(c3)C(=O)N(Cc3ccccn3)C4=O)ccc2O1. The molecule has 3 aromatic rings. The third kappa shape index (κ3) is 3.83. The van der Waals surface area contributed by atoms with Crippen LogP contribution in [-0.2, 0) is 6.54 Å². The van der Waals surface area contributed by atoms with Crippen LogP contribution in [0.15, 0.2) is 60.8 Å². The lowest BCUT2D eigenvalue weighted by Crippen LogP contribution is -2.35. The predicted molar refractivity (Wildman–Crippen MR) is 123 cm³/mol. The molecular weight excluding hydrogens is 434 g/mol.